The Kier molecular flexibility index (Phi) is 16.3. The van der Waals surface area contributed by atoms with Gasteiger partial charge in [-0.15, -0.1) is 0 Å². The predicted molar refractivity (Wildman–Crippen MR) is 129 cm³/mol. The first-order valence-corrected chi connectivity index (χ1v) is 12.2. The van der Waals surface area contributed by atoms with E-state index in [0.717, 1.165) is 18.4 Å². The number of allylic oxidation sites excluding steroid dienone is 2. The number of carbonyl (C=O) groups is 1. The molecule has 5 nitrogen and oxygen atoms in total. The monoisotopic (exact) mass is 432 g/mol. The number of aromatic hydroxyl groups is 1. The first-order chi connectivity index (χ1) is 15.2. The van der Waals surface area contributed by atoms with E-state index in [-0.39, 0.29) is 11.7 Å². The maximum absolute atomic E-state index is 11.9. The first-order valence-electron chi connectivity index (χ1n) is 12.2. The number of ether oxygens (including phenoxy) is 1. The Labute approximate surface area is 189 Å². The van der Waals surface area contributed by atoms with E-state index >= 15 is 0 Å². The fraction of sp³-hybridized carbons (Fsp3) is 0.654. The molecule has 5 heteroatoms. The van der Waals surface area contributed by atoms with Gasteiger partial charge in [-0.1, -0.05) is 76.5 Å². The van der Waals surface area contributed by atoms with Crippen molar-refractivity contribution in [2.45, 2.75) is 103 Å². The van der Waals surface area contributed by atoms with Gasteiger partial charge < -0.3 is 9.84 Å². The molecule has 1 aromatic rings. The minimum atomic E-state index is 0.0170. The Morgan fingerprint density at radius 2 is 1.55 bits per heavy atom. The van der Waals surface area contributed by atoms with Crippen LogP contribution in [0.1, 0.15) is 102 Å². The van der Waals surface area contributed by atoms with E-state index in [1.807, 2.05) is 0 Å². The molecule has 0 spiro atoms. The third kappa shape index (κ3) is 14.6. The van der Waals surface area contributed by atoms with Crippen LogP contribution in [0.15, 0.2) is 30.4 Å². The summed E-state index contributed by atoms with van der Waals surface area (Å²) in [5.74, 6) is 0.557. The second-order valence-corrected chi connectivity index (χ2v) is 8.24. The van der Waals surface area contributed by atoms with Crippen LogP contribution in [-0.4, -0.2) is 18.1 Å². The number of amides is 1. The van der Waals surface area contributed by atoms with Gasteiger partial charge in [-0.2, -0.15) is 0 Å². The van der Waals surface area contributed by atoms with Crippen LogP contribution in [0.3, 0.4) is 0 Å². The summed E-state index contributed by atoms with van der Waals surface area (Å²) in [7, 11) is 1.52. The lowest BCUT2D eigenvalue weighted by Crippen LogP contribution is -2.36. The van der Waals surface area contributed by atoms with Crippen LogP contribution in [0.4, 0.5) is 0 Å². The Morgan fingerprint density at radius 1 is 0.935 bits per heavy atom. The SMILES string of the molecule is CCCCCCCCC=CCCCCCCCC(=O)NNCc1ccc(O)c(OC)c1. The number of unbranched alkanes of at least 4 members (excludes halogenated alkanes) is 11. The van der Waals surface area contributed by atoms with Crippen LogP contribution in [0.5, 0.6) is 11.5 Å². The molecule has 0 saturated carbocycles. The van der Waals surface area contributed by atoms with Crippen molar-refractivity contribution in [2.24, 2.45) is 0 Å². The molecule has 1 aromatic carbocycles. The van der Waals surface area contributed by atoms with Gasteiger partial charge in [-0.05, 0) is 49.8 Å². The molecule has 0 aromatic heterocycles. The average Bonchev–Trinajstić information content (AvgIpc) is 2.77. The number of hydrogen-bond acceptors (Lipinski definition) is 4. The molecule has 1 amide bonds. The summed E-state index contributed by atoms with van der Waals surface area (Å²) < 4.78 is 5.08. The predicted octanol–water partition coefficient (Wildman–Crippen LogP) is 6.56. The van der Waals surface area contributed by atoms with Gasteiger partial charge in [-0.25, -0.2) is 5.43 Å². The molecule has 3 N–H and O–H groups in total. The van der Waals surface area contributed by atoms with Gasteiger partial charge in [0.25, 0.3) is 0 Å². The van der Waals surface area contributed by atoms with Crippen molar-refractivity contribution in [2.75, 3.05) is 7.11 Å². The number of methoxy groups -OCH3 is 1. The zero-order valence-electron chi connectivity index (χ0n) is 19.8. The van der Waals surface area contributed by atoms with Crippen LogP contribution >= 0.6 is 0 Å². The lowest BCUT2D eigenvalue weighted by Gasteiger charge is -2.09. The highest BCUT2D eigenvalue weighted by molar-refractivity contribution is 5.75. The lowest BCUT2D eigenvalue weighted by atomic mass is 10.1. The minimum absolute atomic E-state index is 0.0170. The van der Waals surface area contributed by atoms with Crippen molar-refractivity contribution >= 4 is 5.91 Å². The minimum Gasteiger partial charge on any atom is -0.504 e. The zero-order valence-corrected chi connectivity index (χ0v) is 19.8. The molecule has 0 aliphatic heterocycles. The number of hydrazine groups is 1. The van der Waals surface area contributed by atoms with Gasteiger partial charge in [0.2, 0.25) is 5.91 Å². The molecule has 0 aliphatic rings. The van der Waals surface area contributed by atoms with Crippen molar-refractivity contribution in [1.82, 2.24) is 10.9 Å². The standard InChI is InChI=1S/C26H44N2O3/c1-3-4-5-6-7-8-9-10-11-12-13-14-15-16-17-18-26(30)28-27-22-23-19-20-24(29)25(21-23)31-2/h10-11,19-21,27,29H,3-9,12-18,22H2,1-2H3,(H,28,30). The average molecular weight is 433 g/mol. The van der Waals surface area contributed by atoms with Gasteiger partial charge >= 0.3 is 0 Å². The molecule has 1 rings (SSSR count). The van der Waals surface area contributed by atoms with Crippen LogP contribution in [0.2, 0.25) is 0 Å². The molecule has 0 saturated heterocycles. The van der Waals surface area contributed by atoms with Gasteiger partial charge in [-0.3, -0.25) is 10.2 Å². The molecule has 0 heterocycles. The molecule has 0 atom stereocenters. The van der Waals surface area contributed by atoms with E-state index in [0.29, 0.717) is 18.7 Å². The van der Waals surface area contributed by atoms with E-state index < -0.39 is 0 Å². The molecular weight excluding hydrogens is 388 g/mol. The van der Waals surface area contributed by atoms with E-state index in [1.165, 1.54) is 77.7 Å². The maximum atomic E-state index is 11.9. The summed E-state index contributed by atoms with van der Waals surface area (Å²) in [6.07, 6.45) is 21.6. The fourth-order valence-corrected chi connectivity index (χ4v) is 3.50. The van der Waals surface area contributed by atoms with Gasteiger partial charge in [0.15, 0.2) is 11.5 Å². The third-order valence-corrected chi connectivity index (χ3v) is 5.43. The number of nitrogens with one attached hydrogen (secondary N) is 2. The Bertz CT molecular complexity index is 617. The van der Waals surface area contributed by atoms with E-state index in [1.54, 1.807) is 18.2 Å². The van der Waals surface area contributed by atoms with Crippen LogP contribution in [0, 0.1) is 0 Å². The summed E-state index contributed by atoms with van der Waals surface area (Å²) in [4.78, 5) is 11.9. The molecule has 0 unspecified atom stereocenters. The summed E-state index contributed by atoms with van der Waals surface area (Å²) in [6, 6.07) is 5.13. The largest absolute Gasteiger partial charge is 0.504 e. The number of rotatable bonds is 19. The summed E-state index contributed by atoms with van der Waals surface area (Å²) in [5, 5.41) is 9.59. The van der Waals surface area contributed by atoms with E-state index in [2.05, 4.69) is 29.9 Å². The third-order valence-electron chi connectivity index (χ3n) is 5.43. The summed E-state index contributed by atoms with van der Waals surface area (Å²) in [5.41, 5.74) is 6.59. The highest BCUT2D eigenvalue weighted by atomic mass is 16.5. The van der Waals surface area contributed by atoms with Crippen LogP contribution in [0.25, 0.3) is 0 Å². The number of carbonyl (C=O) groups excluding carboxylic acids is 1. The van der Waals surface area contributed by atoms with Crippen LogP contribution < -0.4 is 15.6 Å². The molecule has 0 bridgehead atoms. The molecular formula is C26H44N2O3. The van der Waals surface area contributed by atoms with Crippen LogP contribution in [-0.2, 0) is 11.3 Å². The lowest BCUT2D eigenvalue weighted by molar-refractivity contribution is -0.122. The molecule has 176 valence electrons. The highest BCUT2D eigenvalue weighted by Crippen LogP contribution is 2.26. The van der Waals surface area contributed by atoms with Crippen molar-refractivity contribution < 1.29 is 14.6 Å². The van der Waals surface area contributed by atoms with Crippen molar-refractivity contribution in [3.8, 4) is 11.5 Å². The topological polar surface area (TPSA) is 70.6 Å². The van der Waals surface area contributed by atoms with Gasteiger partial charge in [0.05, 0.1) is 7.11 Å². The Morgan fingerprint density at radius 3 is 2.19 bits per heavy atom. The molecule has 0 aliphatic carbocycles. The maximum Gasteiger partial charge on any atom is 0.234 e. The quantitative estimate of drug-likeness (QED) is 0.131. The van der Waals surface area contributed by atoms with Gasteiger partial charge in [0.1, 0.15) is 0 Å². The zero-order chi connectivity index (χ0) is 22.6. The number of phenols is 1. The first kappa shape index (κ1) is 27.0. The van der Waals surface area contributed by atoms with Crippen molar-refractivity contribution in [3.05, 3.63) is 35.9 Å². The number of hydrogen-bond donors (Lipinski definition) is 3. The Hall–Kier alpha value is -2.01. The number of benzene rings is 1. The van der Waals surface area contributed by atoms with E-state index in [4.69, 9.17) is 4.74 Å². The molecule has 0 radical (unpaired) electrons. The molecule has 31 heavy (non-hydrogen) atoms. The van der Waals surface area contributed by atoms with Crippen molar-refractivity contribution in [1.29, 1.82) is 0 Å². The van der Waals surface area contributed by atoms with Crippen molar-refractivity contribution in [3.63, 3.8) is 0 Å². The summed E-state index contributed by atoms with van der Waals surface area (Å²) >= 11 is 0. The normalized spacial score (nSPS) is 11.2. The smallest absolute Gasteiger partial charge is 0.234 e. The molecule has 0 fully saturated rings. The van der Waals surface area contributed by atoms with Gasteiger partial charge in [0, 0.05) is 13.0 Å². The Balaban J connectivity index is 1.91. The number of phenolic OH excluding ortho intramolecular Hbond substituents is 1. The summed E-state index contributed by atoms with van der Waals surface area (Å²) in [6.45, 7) is 2.74. The second-order valence-electron chi connectivity index (χ2n) is 8.24. The fourth-order valence-electron chi connectivity index (χ4n) is 3.50. The van der Waals surface area contributed by atoms with E-state index in [9.17, 15) is 9.90 Å². The second kappa shape index (κ2) is 18.7. The highest BCUT2D eigenvalue weighted by Gasteiger charge is 2.04.